The lowest BCUT2D eigenvalue weighted by molar-refractivity contribution is -0.242. The third-order valence-corrected chi connectivity index (χ3v) is 20.9. The second kappa shape index (κ2) is 54.1. The number of unbranched alkanes of at least 4 members (excludes halogenated alkanes) is 2. The Morgan fingerprint density at radius 1 is 0.583 bits per heavy atom. The molecule has 0 saturated carbocycles. The Morgan fingerprint density at radius 2 is 1.08 bits per heavy atom. The number of nitrogens with one attached hydrogen (secondary N) is 2. The summed E-state index contributed by atoms with van der Waals surface area (Å²) in [7, 11) is -1.55. The van der Waals surface area contributed by atoms with Crippen molar-refractivity contribution < 1.29 is 167 Å². The van der Waals surface area contributed by atoms with Crippen LogP contribution >= 0.6 is 0 Å². The molecule has 8 N–H and O–H groups in total. The Morgan fingerprint density at radius 3 is 1.62 bits per heavy atom. The van der Waals surface area contributed by atoms with Gasteiger partial charge in [0.25, 0.3) is 23.6 Å². The summed E-state index contributed by atoms with van der Waals surface area (Å²) in [6.07, 6.45) is -2.07. The lowest BCUT2D eigenvalue weighted by atomic mass is 9.89. The topological polar surface area (TPSA) is 583 Å². The first kappa shape index (κ1) is 109. The molecule has 41 nitrogen and oxygen atoms in total. The summed E-state index contributed by atoms with van der Waals surface area (Å²) >= 11 is 0. The molecule has 42 heteroatoms. The van der Waals surface area contributed by atoms with E-state index in [1.54, 1.807) is 92.8 Å². The number of carbonyl (C=O) groups is 13. The van der Waals surface area contributed by atoms with Crippen molar-refractivity contribution in [3.63, 3.8) is 0 Å². The second-order valence-electron chi connectivity index (χ2n) is 32.9. The molecule has 0 bridgehead atoms. The molecule has 14 atom stereocenters. The van der Waals surface area contributed by atoms with Crippen LogP contribution in [0.3, 0.4) is 0 Å². The molecule has 704 valence electrons. The van der Waals surface area contributed by atoms with Crippen molar-refractivity contribution in [3.05, 3.63) is 88.5 Å². The Hall–Kier alpha value is -10.3. The normalized spacial score (nSPS) is 22.4. The Kier molecular flexibility index (Phi) is 46.5. The number of amides is 8. The average molecular weight is 1820 g/mol. The van der Waals surface area contributed by atoms with Crippen molar-refractivity contribution in [1.29, 1.82) is 0 Å². The number of hydrogen-bond donors (Lipinski definition) is 8. The summed E-state index contributed by atoms with van der Waals surface area (Å²) in [5, 5.41) is 66.4. The van der Waals surface area contributed by atoms with Crippen LogP contribution in [-0.2, 0) is 162 Å². The van der Waals surface area contributed by atoms with Crippen molar-refractivity contribution >= 4 is 99.5 Å². The molecule has 2 aromatic rings. The van der Waals surface area contributed by atoms with Crippen LogP contribution in [0.25, 0.3) is 0 Å². The van der Waals surface area contributed by atoms with Crippen molar-refractivity contribution in [2.24, 2.45) is 22.7 Å². The molecule has 6 heterocycles. The second-order valence-corrected chi connectivity index (χ2v) is 33.3. The van der Waals surface area contributed by atoms with Crippen LogP contribution in [0.4, 0.5) is 0 Å². The molecule has 0 unspecified atom stereocenters. The average Bonchev–Trinajstić information content (AvgIpc) is 1.64. The van der Waals surface area contributed by atoms with Gasteiger partial charge >= 0.3 is 34.9 Å². The summed E-state index contributed by atoms with van der Waals surface area (Å²) in [6.45, 7) is 18.2. The van der Waals surface area contributed by atoms with E-state index in [1.807, 2.05) is 13.0 Å². The number of ketones is 3. The van der Waals surface area contributed by atoms with Gasteiger partial charge in [-0.1, -0.05) is 50.6 Å². The Bertz CT molecular complexity index is 4290. The third-order valence-electron chi connectivity index (χ3n) is 20.9. The van der Waals surface area contributed by atoms with Gasteiger partial charge in [-0.25, -0.2) is 0 Å². The van der Waals surface area contributed by atoms with Crippen molar-refractivity contribution in [1.82, 2.24) is 30.2 Å². The molecule has 0 aliphatic carbocycles. The highest BCUT2D eigenvalue weighted by Gasteiger charge is 2.50. The number of aliphatic hydroxyl groups is 6. The van der Waals surface area contributed by atoms with Gasteiger partial charge in [0.05, 0.1) is 101 Å². The van der Waals surface area contributed by atoms with Crippen LogP contribution in [0, 0.1) is 22.7 Å². The molecule has 8 amide bonds. The fourth-order valence-corrected chi connectivity index (χ4v) is 13.8. The molecule has 6 aliphatic rings. The number of rotatable bonds is 43. The van der Waals surface area contributed by atoms with E-state index < -0.39 is 172 Å². The molecule has 0 aromatic heterocycles. The monoisotopic (exact) mass is 1810 g/mol. The molecule has 0 spiro atoms. The number of ether oxygens (including phenoxy) is 9. The highest BCUT2D eigenvalue weighted by Crippen LogP contribution is 2.33. The number of aryl methyl sites for hydroxylation is 2. The maximum absolute atomic E-state index is 13.8. The zero-order valence-corrected chi connectivity index (χ0v) is 73.9. The molecule has 2 aromatic carbocycles. The van der Waals surface area contributed by atoms with Crippen LogP contribution in [0.15, 0.2) is 60.7 Å². The first-order valence-corrected chi connectivity index (χ1v) is 42.3. The summed E-state index contributed by atoms with van der Waals surface area (Å²) < 4.78 is 74.5. The van der Waals surface area contributed by atoms with E-state index in [0.29, 0.717) is 80.1 Å². The number of benzene rings is 2. The predicted molar refractivity (Wildman–Crippen MR) is 434 cm³/mol. The summed E-state index contributed by atoms with van der Waals surface area (Å²) in [5.74, 6) is -7.19. The molecule has 4 fully saturated rings. The van der Waals surface area contributed by atoms with Crippen LogP contribution in [0.2, 0.25) is 0 Å². The molecule has 8 rings (SSSR count). The molecule has 0 radical (unpaired) electrons. The lowest BCUT2D eigenvalue weighted by Gasteiger charge is -2.35. The van der Waals surface area contributed by atoms with Gasteiger partial charge in [0.15, 0.2) is 17.3 Å². The smallest absolute Gasteiger partial charge is 0.425 e. The number of methoxy groups -OCH3 is 1. The highest BCUT2D eigenvalue weighted by molar-refractivity contribution is 7.59. The Labute approximate surface area is 735 Å². The Balaban J connectivity index is 0.000000501. The van der Waals surface area contributed by atoms with E-state index in [9.17, 15) is 93.0 Å². The summed E-state index contributed by atoms with van der Waals surface area (Å²) in [4.78, 5) is 205. The van der Waals surface area contributed by atoms with Crippen LogP contribution in [0.5, 0.6) is 5.75 Å². The maximum atomic E-state index is 13.8. The molecular formula is C85H118N6O35S. The number of imide groups is 2. The van der Waals surface area contributed by atoms with Crippen molar-refractivity contribution in [2.45, 2.75) is 239 Å². The van der Waals surface area contributed by atoms with Crippen LogP contribution < -0.4 is 15.4 Å². The van der Waals surface area contributed by atoms with Crippen LogP contribution in [0.1, 0.15) is 155 Å². The lowest BCUT2D eigenvalue weighted by Crippen LogP contribution is -2.54. The van der Waals surface area contributed by atoms with E-state index in [2.05, 4.69) is 10.6 Å². The fourth-order valence-electron chi connectivity index (χ4n) is 13.8. The first-order valence-electron chi connectivity index (χ1n) is 41.3. The number of aliphatic hydroxyl groups excluding tert-OH is 6. The SMILES string of the molecule is CCOC[C@@H]1C[C@H](N2C(=O)C=CC2=O)C(=O)N1CC(=O)CCCCCc1ccc(COC(=O)C(C)(C)C)c(O[C@@H]2OC[C@@H](O)[C@H](O)[C@H]2O)c1.COCCOCCOCCC(=O)NC[C@@H]1C[C@@H](N2C(=O)C=CC2=O)C(=O)N1CC(=O)C[C@H](C(=O)N[C@@H](C)C(=O)Cc1ccc(COC(=O)C(C)(C)C)c(CC[C@@H]2OC[C@@H](O)[C@H](O)[C@H]2O)c1)C(C)C.O=C=O.O=C=O.O=S(=O)=O. The largest absolute Gasteiger partial charge is 0.462 e. The standard InChI is InChI=1S/C48H70N4O16.C35H48N2O12.2CO2.O3S/c1-28(2)35(23-34(53)25-51-33(22-36(46(51)62)52-41(57)12-13-42(52)58)24-49-40(56)14-15-65-18-19-66-17-16-64-7)45(61)50-29(3)37(54)21-30-8-9-32(26-68-47(63)48(4,5)6)31(20-30)10-11-39-44(60)43(59)38(55)27-67-39;1-5-46-19-23-16-25(37-28(40)13-14-29(37)41)32(44)36(23)17-24(38)10-8-6-7-9-21-11-12-22(18-48-34(45)35(2,3)4)27(15-21)49-33-31(43)30(42)26(39)20-47-33;2*2-1-3;1-4(2)3/h8-9,12-13,20,28-29,33,35-36,38-39,43-44,55,59-60H,10-11,14-19,21-27H2,1-7H3,(H,49,56)(H,50,61);11-15,23,25-26,30-31,33,39,42-43H,5-10,16-20H2,1-4H3;;;/t29-,33-,35-,36+,38+,39-,43-,44-;23-,25-,26+,30-,31+,33-;;;/m00.../s1. The van der Waals surface area contributed by atoms with Gasteiger partial charge in [-0.05, 0) is 128 Å². The van der Waals surface area contributed by atoms with E-state index in [1.165, 1.54) is 16.7 Å². The third kappa shape index (κ3) is 35.4. The van der Waals surface area contributed by atoms with Crippen LogP contribution in [-0.4, -0.2) is 317 Å². The predicted octanol–water partition coefficient (Wildman–Crippen LogP) is -0.856. The minimum Gasteiger partial charge on any atom is -0.462 e. The van der Waals surface area contributed by atoms with Gasteiger partial charge in [0, 0.05) is 88.2 Å². The van der Waals surface area contributed by atoms with Gasteiger partial charge in [-0.3, -0.25) is 72.1 Å². The fraction of sp³-hybridized carbons (Fsp3) is 0.635. The maximum Gasteiger partial charge on any atom is 0.425 e. The zero-order chi connectivity index (χ0) is 95.2. The van der Waals surface area contributed by atoms with Crippen molar-refractivity contribution in [2.75, 3.05) is 86.2 Å². The number of likely N-dealkylation sites (tertiary alicyclic amines) is 2. The summed E-state index contributed by atoms with van der Waals surface area (Å²) in [6, 6.07) is 6.28. The van der Waals surface area contributed by atoms with E-state index in [-0.39, 0.29) is 140 Å². The van der Waals surface area contributed by atoms with Gasteiger partial charge in [0.1, 0.15) is 67.7 Å². The molecule has 4 saturated heterocycles. The number of nitrogens with zero attached hydrogens (tertiary/aromatic N) is 4. The number of esters is 2. The number of Topliss-reactive ketones (excluding diaryl/α,β-unsaturated/α-hetero) is 3. The van der Waals surface area contributed by atoms with Gasteiger partial charge in [-0.15, -0.1) is 12.6 Å². The quantitative estimate of drug-likeness (QED) is 0.0228. The number of carbonyl (C=O) groups excluding carboxylic acids is 17. The van der Waals surface area contributed by atoms with E-state index in [0.717, 1.165) is 46.1 Å². The van der Waals surface area contributed by atoms with E-state index in [4.69, 9.17) is 74.4 Å². The van der Waals surface area contributed by atoms with Crippen molar-refractivity contribution in [3.8, 4) is 5.75 Å². The zero-order valence-electron chi connectivity index (χ0n) is 73.0. The molecule has 6 aliphatic heterocycles. The van der Waals surface area contributed by atoms with Gasteiger partial charge in [0.2, 0.25) is 29.9 Å². The molecular weight excluding hydrogens is 1700 g/mol. The minimum atomic E-state index is -3.11. The number of hydrogen-bond acceptors (Lipinski definition) is 35. The molecule has 127 heavy (non-hydrogen) atoms. The highest BCUT2D eigenvalue weighted by atomic mass is 32.2. The summed E-state index contributed by atoms with van der Waals surface area (Å²) in [5.41, 5.74) is 1.90. The first-order chi connectivity index (χ1) is 59.9. The van der Waals surface area contributed by atoms with Gasteiger partial charge in [-0.2, -0.15) is 19.2 Å². The van der Waals surface area contributed by atoms with E-state index >= 15 is 0 Å². The minimum absolute atomic E-state index is 0.00541. The van der Waals surface area contributed by atoms with Gasteiger partial charge < -0.3 is 93.7 Å².